The van der Waals surface area contributed by atoms with Crippen LogP contribution in [0.5, 0.6) is 5.95 Å². The van der Waals surface area contributed by atoms with Crippen molar-refractivity contribution in [2.45, 2.75) is 6.54 Å². The number of carbonyl (C=O) groups is 1. The molecule has 0 amide bonds. The number of benzene rings is 2. The molecule has 29 heavy (non-hydrogen) atoms. The Bertz CT molecular complexity index is 1050. The molecule has 1 saturated heterocycles. The molecular formula is C20H17BrClFN2O4. The lowest BCUT2D eigenvalue weighted by atomic mass is 10.1. The Labute approximate surface area is 179 Å². The van der Waals surface area contributed by atoms with Gasteiger partial charge in [0.2, 0.25) is 0 Å². The van der Waals surface area contributed by atoms with E-state index in [2.05, 4.69) is 30.5 Å². The Hall–Kier alpha value is -2.29. The Morgan fingerprint density at radius 1 is 1.24 bits per heavy atom. The molecule has 0 unspecified atom stereocenters. The number of carboxylic acid groups (broad SMARTS) is 1. The van der Waals surface area contributed by atoms with Gasteiger partial charge in [0.15, 0.2) is 0 Å². The second-order valence-corrected chi connectivity index (χ2v) is 7.91. The molecule has 2 aromatic carbocycles. The highest BCUT2D eigenvalue weighted by atomic mass is 79.9. The molecule has 4 rings (SSSR count). The molecule has 9 heteroatoms. The number of hydrogen-bond acceptors (Lipinski definition) is 5. The SMILES string of the molecule is O=C(O)Oc1cc2c(Br)c(N3CCN(Cc4c(F)cccc4Cl)CC3)ccc2o1. The van der Waals surface area contributed by atoms with Crippen LogP contribution in [0.15, 0.2) is 45.3 Å². The fraction of sp³-hybridized carbons (Fsp3) is 0.250. The molecular weight excluding hydrogens is 467 g/mol. The van der Waals surface area contributed by atoms with Gasteiger partial charge in [0, 0.05) is 54.8 Å². The number of halogens is 3. The van der Waals surface area contributed by atoms with Crippen LogP contribution in [0.25, 0.3) is 11.0 Å². The van der Waals surface area contributed by atoms with Gasteiger partial charge in [-0.15, -0.1) is 0 Å². The van der Waals surface area contributed by atoms with Gasteiger partial charge in [-0.2, -0.15) is 0 Å². The van der Waals surface area contributed by atoms with Gasteiger partial charge >= 0.3 is 6.16 Å². The number of hydrogen-bond donors (Lipinski definition) is 1. The number of fused-ring (bicyclic) bond motifs is 1. The maximum absolute atomic E-state index is 14.0. The van der Waals surface area contributed by atoms with E-state index in [0.717, 1.165) is 41.7 Å². The van der Waals surface area contributed by atoms with E-state index in [1.807, 2.05) is 6.07 Å². The highest BCUT2D eigenvalue weighted by Crippen LogP contribution is 2.38. The van der Waals surface area contributed by atoms with Gasteiger partial charge in [0.1, 0.15) is 11.4 Å². The molecule has 2 heterocycles. The van der Waals surface area contributed by atoms with E-state index >= 15 is 0 Å². The van der Waals surface area contributed by atoms with Crippen LogP contribution in [0.4, 0.5) is 14.9 Å². The van der Waals surface area contributed by atoms with Crippen LogP contribution in [0.2, 0.25) is 5.02 Å². The average molecular weight is 484 g/mol. The summed E-state index contributed by atoms with van der Waals surface area (Å²) in [6.45, 7) is 3.50. The van der Waals surface area contributed by atoms with Crippen molar-refractivity contribution in [2.75, 3.05) is 31.1 Å². The van der Waals surface area contributed by atoms with E-state index in [0.29, 0.717) is 22.7 Å². The van der Waals surface area contributed by atoms with Crippen molar-refractivity contribution in [3.8, 4) is 5.95 Å². The first-order valence-corrected chi connectivity index (χ1v) is 10.1. The van der Waals surface area contributed by atoms with Crippen molar-refractivity contribution in [3.05, 3.63) is 57.3 Å². The summed E-state index contributed by atoms with van der Waals surface area (Å²) >= 11 is 9.74. The van der Waals surface area contributed by atoms with Gasteiger partial charge in [-0.05, 0) is 40.2 Å². The van der Waals surface area contributed by atoms with Crippen LogP contribution in [0, 0.1) is 5.82 Å². The van der Waals surface area contributed by atoms with Crippen molar-refractivity contribution in [1.82, 2.24) is 4.90 Å². The summed E-state index contributed by atoms with van der Waals surface area (Å²) in [7, 11) is 0. The predicted molar refractivity (Wildman–Crippen MR) is 111 cm³/mol. The monoisotopic (exact) mass is 482 g/mol. The summed E-state index contributed by atoms with van der Waals surface area (Å²) in [5.74, 6) is -0.357. The van der Waals surface area contributed by atoms with Gasteiger partial charge in [0.25, 0.3) is 5.95 Å². The molecule has 1 N–H and O–H groups in total. The van der Waals surface area contributed by atoms with Crippen LogP contribution in [-0.4, -0.2) is 42.3 Å². The molecule has 152 valence electrons. The third kappa shape index (κ3) is 4.19. The minimum absolute atomic E-state index is 0.0723. The highest BCUT2D eigenvalue weighted by molar-refractivity contribution is 9.10. The van der Waals surface area contributed by atoms with Gasteiger partial charge in [-0.25, -0.2) is 9.18 Å². The van der Waals surface area contributed by atoms with Gasteiger partial charge < -0.3 is 19.2 Å². The Morgan fingerprint density at radius 2 is 2.00 bits per heavy atom. The number of piperazine rings is 1. The Morgan fingerprint density at radius 3 is 2.69 bits per heavy atom. The third-order valence-corrected chi connectivity index (χ3v) is 6.12. The molecule has 1 aromatic heterocycles. The molecule has 0 bridgehead atoms. The summed E-state index contributed by atoms with van der Waals surface area (Å²) in [6.07, 6.45) is -1.42. The van der Waals surface area contributed by atoms with Crippen molar-refractivity contribution in [1.29, 1.82) is 0 Å². The first-order chi connectivity index (χ1) is 13.9. The minimum atomic E-state index is -1.42. The van der Waals surface area contributed by atoms with Crippen molar-refractivity contribution in [2.24, 2.45) is 0 Å². The quantitative estimate of drug-likeness (QED) is 0.504. The topological polar surface area (TPSA) is 66.2 Å². The molecule has 0 atom stereocenters. The lowest BCUT2D eigenvalue weighted by Gasteiger charge is -2.36. The first-order valence-electron chi connectivity index (χ1n) is 8.95. The molecule has 0 aliphatic carbocycles. The lowest BCUT2D eigenvalue weighted by molar-refractivity contribution is 0.134. The van der Waals surface area contributed by atoms with E-state index in [1.54, 1.807) is 24.3 Å². The summed E-state index contributed by atoms with van der Waals surface area (Å²) in [4.78, 5) is 15.1. The Balaban J connectivity index is 1.47. The standard InChI is InChI=1S/C20H17BrClFN2O4/c21-19-12-10-18(29-20(26)27)28-17(12)5-4-16(19)25-8-6-24(7-9-25)11-13-14(22)2-1-3-15(13)23/h1-5,10H,6-9,11H2,(H,26,27). The molecule has 3 aromatic rings. The number of nitrogens with zero attached hydrogens (tertiary/aromatic N) is 2. The average Bonchev–Trinajstić information content (AvgIpc) is 3.09. The van der Waals surface area contributed by atoms with Gasteiger partial charge in [-0.1, -0.05) is 17.7 Å². The van der Waals surface area contributed by atoms with E-state index < -0.39 is 6.16 Å². The smallest absolute Gasteiger partial charge is 0.449 e. The summed E-state index contributed by atoms with van der Waals surface area (Å²) in [6, 6.07) is 10.00. The first kappa shape index (κ1) is 20.0. The van der Waals surface area contributed by atoms with Crippen LogP contribution in [0.1, 0.15) is 5.56 Å². The molecule has 0 radical (unpaired) electrons. The van der Waals surface area contributed by atoms with Crippen molar-refractivity contribution < 1.29 is 23.4 Å². The molecule has 1 aliphatic rings. The molecule has 0 saturated carbocycles. The predicted octanol–water partition coefficient (Wildman–Crippen LogP) is 5.37. The highest BCUT2D eigenvalue weighted by Gasteiger charge is 2.22. The van der Waals surface area contributed by atoms with Crippen LogP contribution < -0.4 is 9.64 Å². The lowest BCUT2D eigenvalue weighted by Crippen LogP contribution is -2.46. The zero-order chi connectivity index (χ0) is 20.5. The van der Waals surface area contributed by atoms with Crippen LogP contribution in [-0.2, 0) is 6.54 Å². The molecule has 1 fully saturated rings. The molecule has 0 spiro atoms. The minimum Gasteiger partial charge on any atom is -0.449 e. The van der Waals surface area contributed by atoms with Gasteiger partial charge in [0.05, 0.1) is 10.2 Å². The van der Waals surface area contributed by atoms with Crippen LogP contribution >= 0.6 is 27.5 Å². The maximum atomic E-state index is 14.0. The van der Waals surface area contributed by atoms with Gasteiger partial charge in [-0.3, -0.25) is 4.90 Å². The fourth-order valence-corrected chi connectivity index (χ4v) is 4.39. The number of furan rings is 1. The maximum Gasteiger partial charge on any atom is 0.513 e. The summed E-state index contributed by atoms with van der Waals surface area (Å²) < 4.78 is 24.9. The zero-order valence-corrected chi connectivity index (χ0v) is 17.5. The van der Waals surface area contributed by atoms with E-state index in [1.165, 1.54) is 6.07 Å². The zero-order valence-electron chi connectivity index (χ0n) is 15.2. The van der Waals surface area contributed by atoms with Crippen LogP contribution in [0.3, 0.4) is 0 Å². The summed E-state index contributed by atoms with van der Waals surface area (Å²) in [5.41, 5.74) is 2.03. The van der Waals surface area contributed by atoms with E-state index in [-0.39, 0.29) is 11.8 Å². The Kier molecular flexibility index (Phi) is 5.67. The number of ether oxygens (including phenoxy) is 1. The molecule has 6 nitrogen and oxygen atoms in total. The number of rotatable bonds is 4. The summed E-state index contributed by atoms with van der Waals surface area (Å²) in [5, 5.41) is 9.93. The number of anilines is 1. The van der Waals surface area contributed by atoms with Crippen molar-refractivity contribution >= 4 is 50.3 Å². The second-order valence-electron chi connectivity index (χ2n) is 6.71. The van der Waals surface area contributed by atoms with Crippen molar-refractivity contribution in [3.63, 3.8) is 0 Å². The van der Waals surface area contributed by atoms with E-state index in [4.69, 9.17) is 21.1 Å². The normalized spacial score (nSPS) is 15.1. The second kappa shape index (κ2) is 8.22. The largest absolute Gasteiger partial charge is 0.513 e. The molecule has 1 aliphatic heterocycles. The fourth-order valence-electron chi connectivity index (χ4n) is 3.48. The third-order valence-electron chi connectivity index (χ3n) is 4.94. The van der Waals surface area contributed by atoms with E-state index in [9.17, 15) is 9.18 Å².